The van der Waals surface area contributed by atoms with Crippen LogP contribution in [0.5, 0.6) is 0 Å². The molecule has 4 aromatic rings. The lowest BCUT2D eigenvalue weighted by Gasteiger charge is -2.21. The Kier molecular flexibility index (Phi) is 5.66. The Labute approximate surface area is 195 Å². The fourth-order valence-corrected chi connectivity index (χ4v) is 5.13. The number of hydrogen-bond acceptors (Lipinski definition) is 9. The predicted molar refractivity (Wildman–Crippen MR) is 128 cm³/mol. The molecule has 0 aromatic carbocycles. The molecular formula is C23H24N8OS. The van der Waals surface area contributed by atoms with Gasteiger partial charge < -0.3 is 15.3 Å². The molecule has 0 amide bonds. The maximum absolute atomic E-state index is 9.66. The number of nitriles is 1. The molecule has 10 heteroatoms. The maximum atomic E-state index is 9.66. The van der Waals surface area contributed by atoms with Crippen molar-refractivity contribution >= 4 is 27.7 Å². The average Bonchev–Trinajstić information content (AvgIpc) is 3.56. The quantitative estimate of drug-likeness (QED) is 0.449. The summed E-state index contributed by atoms with van der Waals surface area (Å²) in [7, 11) is 0. The molecule has 1 aliphatic heterocycles. The van der Waals surface area contributed by atoms with Gasteiger partial charge in [0.25, 0.3) is 0 Å². The first-order chi connectivity index (χ1) is 16.1. The topological polar surface area (TPSA) is 115 Å². The van der Waals surface area contributed by atoms with Crippen LogP contribution >= 0.6 is 11.3 Å². The molecule has 0 aliphatic carbocycles. The molecule has 9 nitrogen and oxygen atoms in total. The molecule has 4 aromatic heterocycles. The monoisotopic (exact) mass is 460 g/mol. The Balaban J connectivity index is 1.53. The molecule has 1 atom stereocenters. The second-order valence-electron chi connectivity index (χ2n) is 8.39. The number of aliphatic hydroxyl groups excluding tert-OH is 1. The van der Waals surface area contributed by atoms with E-state index in [0.29, 0.717) is 5.56 Å². The lowest BCUT2D eigenvalue weighted by Crippen LogP contribution is -2.31. The third-order valence-corrected chi connectivity index (χ3v) is 6.71. The molecule has 2 N–H and O–H groups in total. The van der Waals surface area contributed by atoms with Gasteiger partial charge in [-0.1, -0.05) is 11.3 Å². The fraction of sp³-hybridized carbons (Fsp3) is 0.348. The van der Waals surface area contributed by atoms with Gasteiger partial charge in [-0.3, -0.25) is 4.98 Å². The fourth-order valence-electron chi connectivity index (χ4n) is 4.17. The van der Waals surface area contributed by atoms with Crippen molar-refractivity contribution in [2.45, 2.75) is 38.8 Å². The number of hydrogen-bond donors (Lipinski definition) is 2. The summed E-state index contributed by atoms with van der Waals surface area (Å²) >= 11 is 1.52. The van der Waals surface area contributed by atoms with Crippen LogP contribution in [0.1, 0.15) is 32.3 Å². The average molecular weight is 461 g/mol. The van der Waals surface area contributed by atoms with Crippen LogP contribution in [0.15, 0.2) is 36.7 Å². The Morgan fingerprint density at radius 3 is 2.94 bits per heavy atom. The molecule has 1 saturated heterocycles. The van der Waals surface area contributed by atoms with Gasteiger partial charge >= 0.3 is 0 Å². The number of aliphatic hydroxyl groups is 1. The van der Waals surface area contributed by atoms with Crippen molar-refractivity contribution in [3.05, 3.63) is 42.2 Å². The highest BCUT2D eigenvalue weighted by Gasteiger charge is 2.27. The van der Waals surface area contributed by atoms with Crippen molar-refractivity contribution in [2.24, 2.45) is 0 Å². The minimum Gasteiger partial charge on any atom is -0.394 e. The first-order valence-electron chi connectivity index (χ1n) is 10.9. The third-order valence-electron chi connectivity index (χ3n) is 5.72. The number of pyridine rings is 1. The summed E-state index contributed by atoms with van der Waals surface area (Å²) in [5, 5.41) is 37.2. The van der Waals surface area contributed by atoms with E-state index in [1.54, 1.807) is 16.8 Å². The standard InChI is InChI=1S/C23H24N8OS/c1-14(2)27-19-9-20(21-6-5-16-8-15(10-24)11-26-31(16)21)25-12-18(19)22-28-29-23(33-22)30-7-3-4-17(30)13-32/h5-6,8-9,11-12,14,17,32H,3-4,7,13H2,1-2H3,(H,25,27). The summed E-state index contributed by atoms with van der Waals surface area (Å²) in [5.41, 5.74) is 4.77. The summed E-state index contributed by atoms with van der Waals surface area (Å²) in [6.07, 6.45) is 5.39. The Hall–Kier alpha value is -3.55. The molecule has 0 spiro atoms. The highest BCUT2D eigenvalue weighted by atomic mass is 32.1. The van der Waals surface area contributed by atoms with E-state index >= 15 is 0 Å². The van der Waals surface area contributed by atoms with Crippen LogP contribution in [0.3, 0.4) is 0 Å². The zero-order valence-electron chi connectivity index (χ0n) is 18.4. The van der Waals surface area contributed by atoms with Crippen LogP contribution in [-0.4, -0.2) is 55.1 Å². The molecule has 5 rings (SSSR count). The first kappa shape index (κ1) is 21.3. The van der Waals surface area contributed by atoms with Crippen molar-refractivity contribution < 1.29 is 5.11 Å². The lowest BCUT2D eigenvalue weighted by atomic mass is 10.1. The summed E-state index contributed by atoms with van der Waals surface area (Å²) in [4.78, 5) is 6.86. The number of aromatic nitrogens is 5. The van der Waals surface area contributed by atoms with Gasteiger partial charge in [0.05, 0.1) is 46.9 Å². The van der Waals surface area contributed by atoms with Crippen LogP contribution in [0.4, 0.5) is 10.8 Å². The van der Waals surface area contributed by atoms with Crippen molar-refractivity contribution in [3.8, 4) is 28.0 Å². The van der Waals surface area contributed by atoms with Gasteiger partial charge in [0.2, 0.25) is 5.13 Å². The highest BCUT2D eigenvalue weighted by Crippen LogP contribution is 2.37. The van der Waals surface area contributed by atoms with E-state index in [2.05, 4.69) is 45.4 Å². The zero-order valence-corrected chi connectivity index (χ0v) is 19.2. The summed E-state index contributed by atoms with van der Waals surface area (Å²) < 4.78 is 1.79. The number of nitrogens with one attached hydrogen (secondary N) is 1. The van der Waals surface area contributed by atoms with E-state index in [-0.39, 0.29) is 18.7 Å². The minimum atomic E-state index is 0.108. The molecule has 1 fully saturated rings. The minimum absolute atomic E-state index is 0.108. The van der Waals surface area contributed by atoms with Crippen LogP contribution < -0.4 is 10.2 Å². The molecule has 1 aliphatic rings. The van der Waals surface area contributed by atoms with Crippen molar-refractivity contribution in [3.63, 3.8) is 0 Å². The zero-order chi connectivity index (χ0) is 22.9. The highest BCUT2D eigenvalue weighted by molar-refractivity contribution is 7.18. The number of fused-ring (bicyclic) bond motifs is 1. The van der Waals surface area contributed by atoms with Gasteiger partial charge in [0.1, 0.15) is 6.07 Å². The normalized spacial score (nSPS) is 16.0. The van der Waals surface area contributed by atoms with Crippen molar-refractivity contribution in [1.82, 2.24) is 24.8 Å². The van der Waals surface area contributed by atoms with E-state index < -0.39 is 0 Å². The van der Waals surface area contributed by atoms with Gasteiger partial charge in [-0.15, -0.1) is 10.2 Å². The van der Waals surface area contributed by atoms with Gasteiger partial charge in [-0.05, 0) is 51.0 Å². The summed E-state index contributed by atoms with van der Waals surface area (Å²) in [5.74, 6) is 0. The molecule has 5 heterocycles. The molecule has 0 radical (unpaired) electrons. The van der Waals surface area contributed by atoms with E-state index in [1.807, 2.05) is 24.4 Å². The van der Waals surface area contributed by atoms with Crippen LogP contribution in [0.2, 0.25) is 0 Å². The van der Waals surface area contributed by atoms with Crippen LogP contribution in [0.25, 0.3) is 27.5 Å². The van der Waals surface area contributed by atoms with E-state index in [0.717, 1.165) is 57.7 Å². The second-order valence-corrected chi connectivity index (χ2v) is 9.34. The van der Waals surface area contributed by atoms with Gasteiger partial charge in [-0.25, -0.2) is 4.52 Å². The van der Waals surface area contributed by atoms with Crippen LogP contribution in [0, 0.1) is 11.3 Å². The Morgan fingerprint density at radius 2 is 2.15 bits per heavy atom. The Morgan fingerprint density at radius 1 is 1.27 bits per heavy atom. The number of nitrogens with zero attached hydrogens (tertiary/aromatic N) is 7. The predicted octanol–water partition coefficient (Wildman–Crippen LogP) is 3.57. The molecule has 1 unspecified atom stereocenters. The maximum Gasteiger partial charge on any atom is 0.208 e. The molecule has 0 bridgehead atoms. The smallest absolute Gasteiger partial charge is 0.208 e. The van der Waals surface area contributed by atoms with E-state index in [9.17, 15) is 5.11 Å². The largest absolute Gasteiger partial charge is 0.394 e. The summed E-state index contributed by atoms with van der Waals surface area (Å²) in [6, 6.07) is 10.1. The van der Waals surface area contributed by atoms with Crippen molar-refractivity contribution in [1.29, 1.82) is 5.26 Å². The molecule has 0 saturated carbocycles. The molecular weight excluding hydrogens is 436 g/mol. The first-order valence-corrected chi connectivity index (χ1v) is 11.7. The Bertz CT molecular complexity index is 1340. The lowest BCUT2D eigenvalue weighted by molar-refractivity contribution is 0.266. The molecule has 33 heavy (non-hydrogen) atoms. The molecule has 168 valence electrons. The van der Waals surface area contributed by atoms with Gasteiger partial charge in [0, 0.05) is 24.5 Å². The van der Waals surface area contributed by atoms with E-state index in [4.69, 9.17) is 10.2 Å². The van der Waals surface area contributed by atoms with Gasteiger partial charge in [0.15, 0.2) is 5.01 Å². The SMILES string of the molecule is CC(C)Nc1cc(-c2ccc3cc(C#N)cnn23)ncc1-c1nnc(N2CCCC2CO)s1. The number of rotatable bonds is 6. The third kappa shape index (κ3) is 4.01. The summed E-state index contributed by atoms with van der Waals surface area (Å²) in [6.45, 7) is 5.18. The number of anilines is 2. The second kappa shape index (κ2) is 8.77. The van der Waals surface area contributed by atoms with Gasteiger partial charge in [-0.2, -0.15) is 10.4 Å². The van der Waals surface area contributed by atoms with Crippen LogP contribution in [-0.2, 0) is 0 Å². The van der Waals surface area contributed by atoms with E-state index in [1.165, 1.54) is 11.3 Å². The van der Waals surface area contributed by atoms with Crippen molar-refractivity contribution in [2.75, 3.05) is 23.4 Å².